The van der Waals surface area contributed by atoms with Gasteiger partial charge in [-0.1, -0.05) is 56.3 Å². The van der Waals surface area contributed by atoms with Crippen molar-refractivity contribution in [3.8, 4) is 0 Å². The fourth-order valence-electron chi connectivity index (χ4n) is 5.04. The van der Waals surface area contributed by atoms with Crippen molar-refractivity contribution in [2.24, 2.45) is 0 Å². The highest BCUT2D eigenvalue weighted by Gasteiger charge is 2.29. The Balaban J connectivity index is 1.80. The maximum absolute atomic E-state index is 14.2. The molecule has 0 saturated carbocycles. The SMILES string of the molecule is Cc1cccc2[nH]cc(C(C)n3c(=O)n([C@H](CC(=O)O)c4ccccc4)c4nc(C(C)C)ncc43)c12. The number of hydrogen-bond donors (Lipinski definition) is 2. The van der Waals surface area contributed by atoms with Gasteiger partial charge in [0.15, 0.2) is 5.65 Å². The maximum Gasteiger partial charge on any atom is 0.331 e. The molecule has 0 aliphatic carbocycles. The quantitative estimate of drug-likeness (QED) is 0.332. The standard InChI is InChI=1S/C28H29N5O3/c1-16(2)26-30-15-23-27(31-26)33(22(13-24(34)35)19-10-6-5-7-11-19)28(36)32(23)18(4)20-14-29-21-12-8-9-17(3)25(20)21/h5-12,14-16,18,22,29H,13H2,1-4H3,(H,34,35)/t18?,22-/m1/s1. The number of imidazole rings is 1. The number of carboxylic acid groups (broad SMARTS) is 1. The molecule has 184 valence electrons. The van der Waals surface area contributed by atoms with E-state index in [0.29, 0.717) is 17.0 Å². The molecule has 5 rings (SSSR count). The predicted octanol–water partition coefficient (Wildman–Crippen LogP) is 5.18. The zero-order chi connectivity index (χ0) is 25.6. The molecule has 0 amide bonds. The van der Waals surface area contributed by atoms with E-state index in [1.807, 2.05) is 69.4 Å². The third-order valence-electron chi connectivity index (χ3n) is 6.83. The van der Waals surface area contributed by atoms with Crippen molar-refractivity contribution >= 4 is 28.0 Å². The lowest BCUT2D eigenvalue weighted by Gasteiger charge is -2.17. The minimum Gasteiger partial charge on any atom is -0.481 e. The molecule has 3 aromatic heterocycles. The Labute approximate surface area is 208 Å². The van der Waals surface area contributed by atoms with Gasteiger partial charge in [0.2, 0.25) is 0 Å². The van der Waals surface area contributed by atoms with Crippen LogP contribution in [0.25, 0.3) is 22.1 Å². The summed E-state index contributed by atoms with van der Waals surface area (Å²) in [6.07, 6.45) is 3.38. The van der Waals surface area contributed by atoms with Crippen LogP contribution in [-0.4, -0.2) is 35.2 Å². The molecule has 3 heterocycles. The topological polar surface area (TPSA) is 106 Å². The number of fused-ring (bicyclic) bond motifs is 2. The average molecular weight is 484 g/mol. The monoisotopic (exact) mass is 483 g/mol. The molecule has 0 radical (unpaired) electrons. The van der Waals surface area contributed by atoms with E-state index in [1.54, 1.807) is 10.8 Å². The molecule has 8 heteroatoms. The van der Waals surface area contributed by atoms with Crippen molar-refractivity contribution in [3.05, 3.63) is 93.9 Å². The van der Waals surface area contributed by atoms with Gasteiger partial charge in [0.05, 0.1) is 24.7 Å². The first-order valence-corrected chi connectivity index (χ1v) is 12.1. The van der Waals surface area contributed by atoms with E-state index >= 15 is 0 Å². The molecule has 0 fully saturated rings. The molecule has 0 spiro atoms. The van der Waals surface area contributed by atoms with Crippen LogP contribution in [0.5, 0.6) is 0 Å². The Morgan fingerprint density at radius 2 is 1.81 bits per heavy atom. The first-order chi connectivity index (χ1) is 17.3. The van der Waals surface area contributed by atoms with E-state index in [1.165, 1.54) is 4.57 Å². The minimum absolute atomic E-state index is 0.0460. The summed E-state index contributed by atoms with van der Waals surface area (Å²) in [4.78, 5) is 38.8. The van der Waals surface area contributed by atoms with Crippen molar-refractivity contribution in [1.29, 1.82) is 0 Å². The summed E-state index contributed by atoms with van der Waals surface area (Å²) in [5.41, 5.74) is 4.53. The van der Waals surface area contributed by atoms with Crippen LogP contribution in [0.2, 0.25) is 0 Å². The van der Waals surface area contributed by atoms with Crippen molar-refractivity contribution in [1.82, 2.24) is 24.1 Å². The number of nitrogens with one attached hydrogen (secondary N) is 1. The van der Waals surface area contributed by atoms with Gasteiger partial charge in [0.1, 0.15) is 11.3 Å². The number of hydrogen-bond acceptors (Lipinski definition) is 4. The zero-order valence-electron chi connectivity index (χ0n) is 20.8. The Morgan fingerprint density at radius 1 is 1.06 bits per heavy atom. The van der Waals surface area contributed by atoms with Gasteiger partial charge >= 0.3 is 11.7 Å². The van der Waals surface area contributed by atoms with Crippen LogP contribution in [0.4, 0.5) is 0 Å². The first-order valence-electron chi connectivity index (χ1n) is 12.1. The van der Waals surface area contributed by atoms with Crippen molar-refractivity contribution in [2.75, 3.05) is 0 Å². The summed E-state index contributed by atoms with van der Waals surface area (Å²) >= 11 is 0. The smallest absolute Gasteiger partial charge is 0.331 e. The number of carbonyl (C=O) groups is 1. The first kappa shape index (κ1) is 23.5. The summed E-state index contributed by atoms with van der Waals surface area (Å²) in [5.74, 6) is -0.342. The number of aryl methyl sites for hydroxylation is 1. The summed E-state index contributed by atoms with van der Waals surface area (Å²) in [5, 5.41) is 10.8. The molecule has 36 heavy (non-hydrogen) atoms. The number of benzene rings is 2. The third kappa shape index (κ3) is 3.88. The molecular weight excluding hydrogens is 454 g/mol. The molecule has 5 aromatic rings. The van der Waals surface area contributed by atoms with Crippen LogP contribution >= 0.6 is 0 Å². The molecular formula is C28H29N5O3. The van der Waals surface area contributed by atoms with Gasteiger partial charge in [0.25, 0.3) is 0 Å². The molecule has 0 aliphatic rings. The van der Waals surface area contributed by atoms with Crippen LogP contribution in [0.1, 0.15) is 67.7 Å². The predicted molar refractivity (Wildman–Crippen MR) is 140 cm³/mol. The summed E-state index contributed by atoms with van der Waals surface area (Å²) in [6, 6.07) is 14.3. The molecule has 0 aliphatic heterocycles. The normalized spacial score (nSPS) is 13.5. The Kier molecular flexibility index (Phi) is 5.96. The van der Waals surface area contributed by atoms with Crippen LogP contribution in [0.3, 0.4) is 0 Å². The van der Waals surface area contributed by atoms with Crippen molar-refractivity contribution in [3.63, 3.8) is 0 Å². The summed E-state index contributed by atoms with van der Waals surface area (Å²) < 4.78 is 3.22. The summed E-state index contributed by atoms with van der Waals surface area (Å²) in [6.45, 7) is 8.01. The number of aliphatic carboxylic acids is 1. The largest absolute Gasteiger partial charge is 0.481 e. The van der Waals surface area contributed by atoms with E-state index in [9.17, 15) is 14.7 Å². The highest BCUT2D eigenvalue weighted by atomic mass is 16.4. The Hall–Kier alpha value is -4.20. The van der Waals surface area contributed by atoms with Crippen molar-refractivity contribution < 1.29 is 9.90 Å². The average Bonchev–Trinajstić information content (AvgIpc) is 3.42. The van der Waals surface area contributed by atoms with Gasteiger partial charge in [-0.15, -0.1) is 0 Å². The van der Waals surface area contributed by atoms with Gasteiger partial charge in [-0.25, -0.2) is 14.8 Å². The molecule has 1 unspecified atom stereocenters. The number of nitrogens with zero attached hydrogens (tertiary/aromatic N) is 4. The molecule has 2 N–H and O–H groups in total. The van der Waals surface area contributed by atoms with E-state index in [4.69, 9.17) is 4.98 Å². The van der Waals surface area contributed by atoms with Gasteiger partial charge in [-0.05, 0) is 31.0 Å². The number of carboxylic acids is 1. The van der Waals surface area contributed by atoms with E-state index in [0.717, 1.165) is 27.6 Å². The minimum atomic E-state index is -0.991. The lowest BCUT2D eigenvalue weighted by Crippen LogP contribution is -2.31. The van der Waals surface area contributed by atoms with Gasteiger partial charge in [-0.3, -0.25) is 13.9 Å². The van der Waals surface area contributed by atoms with Gasteiger partial charge in [-0.2, -0.15) is 0 Å². The van der Waals surface area contributed by atoms with Crippen LogP contribution < -0.4 is 5.69 Å². The maximum atomic E-state index is 14.2. The van der Waals surface area contributed by atoms with Crippen LogP contribution in [0, 0.1) is 6.92 Å². The Morgan fingerprint density at radius 3 is 2.50 bits per heavy atom. The van der Waals surface area contributed by atoms with Crippen LogP contribution in [0.15, 0.2) is 65.7 Å². The highest BCUT2D eigenvalue weighted by molar-refractivity contribution is 5.87. The fraction of sp³-hybridized carbons (Fsp3) is 0.286. The second kappa shape index (κ2) is 9.11. The zero-order valence-corrected chi connectivity index (χ0v) is 20.8. The number of rotatable bonds is 7. The van der Waals surface area contributed by atoms with Gasteiger partial charge in [0, 0.05) is 28.6 Å². The van der Waals surface area contributed by atoms with E-state index in [2.05, 4.69) is 23.0 Å². The molecule has 2 atom stereocenters. The lowest BCUT2D eigenvalue weighted by molar-refractivity contribution is -0.137. The third-order valence-corrected chi connectivity index (χ3v) is 6.83. The number of H-pyrrole nitrogens is 1. The summed E-state index contributed by atoms with van der Waals surface area (Å²) in [7, 11) is 0. The molecule has 8 nitrogen and oxygen atoms in total. The van der Waals surface area contributed by atoms with E-state index in [-0.39, 0.29) is 24.1 Å². The second-order valence-electron chi connectivity index (χ2n) is 9.56. The Bertz CT molecular complexity index is 1630. The fourth-order valence-corrected chi connectivity index (χ4v) is 5.04. The van der Waals surface area contributed by atoms with Gasteiger partial charge < -0.3 is 10.1 Å². The number of aromatic amines is 1. The lowest BCUT2D eigenvalue weighted by atomic mass is 10.0. The van der Waals surface area contributed by atoms with Crippen molar-refractivity contribution in [2.45, 2.75) is 52.1 Å². The second-order valence-corrected chi connectivity index (χ2v) is 9.56. The molecule has 0 bridgehead atoms. The molecule has 2 aromatic carbocycles. The van der Waals surface area contributed by atoms with E-state index < -0.39 is 12.0 Å². The highest BCUT2D eigenvalue weighted by Crippen LogP contribution is 2.32. The molecule has 0 saturated heterocycles. The van der Waals surface area contributed by atoms with Crippen LogP contribution in [-0.2, 0) is 4.79 Å². The number of aromatic nitrogens is 5.